The van der Waals surface area contributed by atoms with Crippen LogP contribution in [0.25, 0.3) is 11.1 Å². The molecule has 0 unspecified atom stereocenters. The number of hydrogen-bond acceptors (Lipinski definition) is 1. The standard InChI is InChI=1S/C14H13BrO/c1-16-13-7-4-6-11(9-13)14-8-3-2-5-12(14)10-15/h2-9H,10H2,1H3. The number of benzene rings is 2. The topological polar surface area (TPSA) is 9.23 Å². The molecule has 2 rings (SSSR count). The minimum atomic E-state index is 0.861. The van der Waals surface area contributed by atoms with Gasteiger partial charge in [0.15, 0.2) is 0 Å². The summed E-state index contributed by atoms with van der Waals surface area (Å²) in [6.45, 7) is 0. The molecule has 82 valence electrons. The van der Waals surface area contributed by atoms with Crippen molar-refractivity contribution in [1.82, 2.24) is 0 Å². The maximum Gasteiger partial charge on any atom is 0.119 e. The first-order valence-corrected chi connectivity index (χ1v) is 6.25. The molecule has 0 N–H and O–H groups in total. The van der Waals surface area contributed by atoms with Crippen LogP contribution >= 0.6 is 15.9 Å². The van der Waals surface area contributed by atoms with E-state index in [0.717, 1.165) is 11.1 Å². The molecule has 0 aliphatic carbocycles. The fraction of sp³-hybridized carbons (Fsp3) is 0.143. The van der Waals surface area contributed by atoms with Gasteiger partial charge >= 0.3 is 0 Å². The smallest absolute Gasteiger partial charge is 0.119 e. The number of methoxy groups -OCH3 is 1. The van der Waals surface area contributed by atoms with Crippen molar-refractivity contribution in [2.75, 3.05) is 7.11 Å². The Labute approximate surface area is 104 Å². The third kappa shape index (κ3) is 2.27. The molecule has 0 fully saturated rings. The lowest BCUT2D eigenvalue weighted by Crippen LogP contribution is -1.87. The van der Waals surface area contributed by atoms with Gasteiger partial charge < -0.3 is 4.74 Å². The highest BCUT2D eigenvalue weighted by atomic mass is 79.9. The van der Waals surface area contributed by atoms with Crippen molar-refractivity contribution in [1.29, 1.82) is 0 Å². The van der Waals surface area contributed by atoms with Crippen LogP contribution in [0.3, 0.4) is 0 Å². The molecule has 0 heterocycles. The molecule has 0 saturated carbocycles. The summed E-state index contributed by atoms with van der Waals surface area (Å²) in [5.74, 6) is 0.891. The molecule has 0 atom stereocenters. The minimum absolute atomic E-state index is 0.861. The average Bonchev–Trinajstić information content (AvgIpc) is 2.38. The summed E-state index contributed by atoms with van der Waals surface area (Å²) < 4.78 is 5.24. The van der Waals surface area contributed by atoms with E-state index in [4.69, 9.17) is 4.74 Å². The van der Waals surface area contributed by atoms with Gasteiger partial charge in [0.2, 0.25) is 0 Å². The second-order valence-electron chi connectivity index (χ2n) is 3.52. The number of halogens is 1. The van der Waals surface area contributed by atoms with E-state index in [-0.39, 0.29) is 0 Å². The molecule has 16 heavy (non-hydrogen) atoms. The zero-order chi connectivity index (χ0) is 11.4. The fourth-order valence-corrected chi connectivity index (χ4v) is 2.20. The molecule has 0 aromatic heterocycles. The molecule has 0 bridgehead atoms. The second-order valence-corrected chi connectivity index (χ2v) is 4.08. The molecule has 1 nitrogen and oxygen atoms in total. The second kappa shape index (κ2) is 5.17. The molecule has 0 radical (unpaired) electrons. The molecule has 0 aliphatic heterocycles. The Morgan fingerprint density at radius 1 is 1.06 bits per heavy atom. The van der Waals surface area contributed by atoms with E-state index >= 15 is 0 Å². The van der Waals surface area contributed by atoms with Crippen LogP contribution in [0.15, 0.2) is 48.5 Å². The maximum atomic E-state index is 5.24. The van der Waals surface area contributed by atoms with E-state index in [1.165, 1.54) is 16.7 Å². The summed E-state index contributed by atoms with van der Waals surface area (Å²) in [6.07, 6.45) is 0. The van der Waals surface area contributed by atoms with E-state index < -0.39 is 0 Å². The number of alkyl halides is 1. The third-order valence-electron chi connectivity index (χ3n) is 2.54. The normalized spacial score (nSPS) is 10.1. The van der Waals surface area contributed by atoms with Crippen molar-refractivity contribution in [3.63, 3.8) is 0 Å². The zero-order valence-corrected chi connectivity index (χ0v) is 10.7. The number of hydrogen-bond donors (Lipinski definition) is 0. The van der Waals surface area contributed by atoms with Gasteiger partial charge in [0.25, 0.3) is 0 Å². The van der Waals surface area contributed by atoms with Gasteiger partial charge in [-0.15, -0.1) is 0 Å². The summed E-state index contributed by atoms with van der Waals surface area (Å²) in [4.78, 5) is 0. The van der Waals surface area contributed by atoms with E-state index in [2.05, 4.69) is 52.3 Å². The molecule has 2 heteroatoms. The molecular formula is C14H13BrO. The van der Waals surface area contributed by atoms with Crippen LogP contribution in [0.2, 0.25) is 0 Å². The Morgan fingerprint density at radius 2 is 1.88 bits per heavy atom. The summed E-state index contributed by atoms with van der Waals surface area (Å²) in [6, 6.07) is 16.5. The number of rotatable bonds is 3. The Balaban J connectivity index is 2.49. The summed E-state index contributed by atoms with van der Waals surface area (Å²) in [5, 5.41) is 0.861. The van der Waals surface area contributed by atoms with Crippen molar-refractivity contribution in [2.45, 2.75) is 5.33 Å². The lowest BCUT2D eigenvalue weighted by atomic mass is 10.0. The van der Waals surface area contributed by atoms with Gasteiger partial charge in [-0.2, -0.15) is 0 Å². The Bertz CT molecular complexity index is 480. The zero-order valence-electron chi connectivity index (χ0n) is 9.11. The highest BCUT2D eigenvalue weighted by Gasteiger charge is 2.03. The first kappa shape index (κ1) is 11.2. The van der Waals surface area contributed by atoms with E-state index in [1.54, 1.807) is 7.11 Å². The third-order valence-corrected chi connectivity index (χ3v) is 3.15. The molecule has 0 saturated heterocycles. The van der Waals surface area contributed by atoms with E-state index in [0.29, 0.717) is 0 Å². The number of ether oxygens (including phenoxy) is 1. The fourth-order valence-electron chi connectivity index (χ4n) is 1.71. The Kier molecular flexibility index (Phi) is 3.62. The summed E-state index contributed by atoms with van der Waals surface area (Å²) >= 11 is 3.51. The molecular weight excluding hydrogens is 264 g/mol. The lowest BCUT2D eigenvalue weighted by Gasteiger charge is -2.08. The molecule has 0 aliphatic rings. The van der Waals surface area contributed by atoms with Gasteiger partial charge in [0.1, 0.15) is 5.75 Å². The van der Waals surface area contributed by atoms with Crippen LogP contribution in [0.5, 0.6) is 5.75 Å². The molecule has 2 aromatic carbocycles. The highest BCUT2D eigenvalue weighted by Crippen LogP contribution is 2.27. The van der Waals surface area contributed by atoms with Crippen molar-refractivity contribution < 1.29 is 4.74 Å². The van der Waals surface area contributed by atoms with Crippen LogP contribution in [0.4, 0.5) is 0 Å². The minimum Gasteiger partial charge on any atom is -0.497 e. The van der Waals surface area contributed by atoms with Crippen molar-refractivity contribution in [3.05, 3.63) is 54.1 Å². The first-order chi connectivity index (χ1) is 7.85. The van der Waals surface area contributed by atoms with Crippen LogP contribution in [0, 0.1) is 0 Å². The van der Waals surface area contributed by atoms with Crippen LogP contribution in [0.1, 0.15) is 5.56 Å². The maximum absolute atomic E-state index is 5.24. The predicted molar refractivity (Wildman–Crippen MR) is 71.1 cm³/mol. The monoisotopic (exact) mass is 276 g/mol. The van der Waals surface area contributed by atoms with Crippen LogP contribution < -0.4 is 4.74 Å². The van der Waals surface area contributed by atoms with Crippen molar-refractivity contribution >= 4 is 15.9 Å². The quantitative estimate of drug-likeness (QED) is 0.762. The van der Waals surface area contributed by atoms with Gasteiger partial charge in [-0.1, -0.05) is 52.3 Å². The SMILES string of the molecule is COc1cccc(-c2ccccc2CBr)c1. The van der Waals surface area contributed by atoms with Gasteiger partial charge in [-0.05, 0) is 28.8 Å². The van der Waals surface area contributed by atoms with Gasteiger partial charge in [0.05, 0.1) is 7.11 Å². The van der Waals surface area contributed by atoms with Gasteiger partial charge in [-0.3, -0.25) is 0 Å². The van der Waals surface area contributed by atoms with E-state index in [1.807, 2.05) is 12.1 Å². The van der Waals surface area contributed by atoms with Crippen LogP contribution in [-0.4, -0.2) is 7.11 Å². The summed E-state index contributed by atoms with van der Waals surface area (Å²) in [7, 11) is 1.69. The molecule has 0 amide bonds. The lowest BCUT2D eigenvalue weighted by molar-refractivity contribution is 0.415. The Morgan fingerprint density at radius 3 is 2.62 bits per heavy atom. The van der Waals surface area contributed by atoms with E-state index in [9.17, 15) is 0 Å². The Hall–Kier alpha value is -1.28. The predicted octanol–water partition coefficient (Wildman–Crippen LogP) is 4.26. The van der Waals surface area contributed by atoms with Gasteiger partial charge in [-0.25, -0.2) is 0 Å². The molecule has 2 aromatic rings. The average molecular weight is 277 g/mol. The summed E-state index contributed by atoms with van der Waals surface area (Å²) in [5.41, 5.74) is 3.73. The van der Waals surface area contributed by atoms with Crippen molar-refractivity contribution in [3.8, 4) is 16.9 Å². The van der Waals surface area contributed by atoms with Gasteiger partial charge in [0, 0.05) is 5.33 Å². The largest absolute Gasteiger partial charge is 0.497 e. The first-order valence-electron chi connectivity index (χ1n) is 5.13. The highest BCUT2D eigenvalue weighted by molar-refractivity contribution is 9.08. The van der Waals surface area contributed by atoms with Crippen LogP contribution in [-0.2, 0) is 5.33 Å². The van der Waals surface area contributed by atoms with Crippen molar-refractivity contribution in [2.24, 2.45) is 0 Å². The molecule has 0 spiro atoms.